The van der Waals surface area contributed by atoms with Crippen molar-refractivity contribution in [1.82, 2.24) is 14.7 Å². The first-order valence-electron chi connectivity index (χ1n) is 9.37. The predicted octanol–water partition coefficient (Wildman–Crippen LogP) is 2.06. The molecule has 0 bridgehead atoms. The monoisotopic (exact) mass is 396 g/mol. The summed E-state index contributed by atoms with van der Waals surface area (Å²) in [5.41, 5.74) is 3.27. The molecule has 2 aliphatic heterocycles. The molecule has 152 valence electrons. The van der Waals surface area contributed by atoms with Crippen LogP contribution < -0.4 is 9.64 Å². The van der Waals surface area contributed by atoms with Gasteiger partial charge in [0.05, 0.1) is 25.0 Å². The zero-order valence-electron chi connectivity index (χ0n) is 15.4. The van der Waals surface area contributed by atoms with E-state index in [2.05, 4.69) is 33.1 Å². The minimum absolute atomic E-state index is 0.593. The van der Waals surface area contributed by atoms with Gasteiger partial charge in [-0.1, -0.05) is 12.1 Å². The van der Waals surface area contributed by atoms with Crippen molar-refractivity contribution in [2.75, 3.05) is 37.7 Å². The number of aliphatic hydroxyl groups excluding tert-OH is 1. The van der Waals surface area contributed by atoms with Gasteiger partial charge in [0.15, 0.2) is 6.10 Å². The molecule has 2 aliphatic rings. The molecule has 28 heavy (non-hydrogen) atoms. The second kappa shape index (κ2) is 7.63. The number of aromatic nitrogens is 2. The Bertz CT molecular complexity index is 816. The average molecular weight is 396 g/mol. The smallest absolute Gasteiger partial charge is 0.416 e. The first kappa shape index (κ1) is 19.1. The number of aliphatic hydroxyl groups is 1. The summed E-state index contributed by atoms with van der Waals surface area (Å²) in [7, 11) is 0. The summed E-state index contributed by atoms with van der Waals surface area (Å²) < 4.78 is 44.2. The Morgan fingerprint density at radius 1 is 1.18 bits per heavy atom. The van der Waals surface area contributed by atoms with Crippen LogP contribution in [-0.2, 0) is 19.5 Å². The maximum atomic E-state index is 12.5. The molecule has 0 saturated carbocycles. The fourth-order valence-corrected chi connectivity index (χ4v) is 3.63. The summed E-state index contributed by atoms with van der Waals surface area (Å²) in [4.78, 5) is 4.46. The van der Waals surface area contributed by atoms with Gasteiger partial charge >= 0.3 is 6.18 Å². The second-order valence-corrected chi connectivity index (χ2v) is 7.28. The minimum Gasteiger partial charge on any atom is -0.493 e. The average Bonchev–Trinajstić information content (AvgIpc) is 3.30. The van der Waals surface area contributed by atoms with Crippen molar-refractivity contribution in [3.8, 4) is 5.75 Å². The Hall–Kier alpha value is -2.26. The van der Waals surface area contributed by atoms with Crippen LogP contribution in [0.1, 0.15) is 11.1 Å². The van der Waals surface area contributed by atoms with Crippen molar-refractivity contribution in [3.63, 3.8) is 0 Å². The van der Waals surface area contributed by atoms with Gasteiger partial charge < -0.3 is 14.7 Å². The molecule has 0 amide bonds. The molecule has 1 aromatic carbocycles. The highest BCUT2D eigenvalue weighted by Crippen LogP contribution is 2.27. The standard InChI is InChI=1S/C19H23F3N4O2/c20-19(21,22)18(27)13-26-12-16(10-23-26)25-6-4-24(5-7-25)11-14-1-2-15-3-8-28-17(15)9-14/h1-2,9-10,12,18,27H,3-8,11,13H2. The van der Waals surface area contributed by atoms with Gasteiger partial charge in [-0.25, -0.2) is 0 Å². The van der Waals surface area contributed by atoms with Gasteiger partial charge in [0.1, 0.15) is 5.75 Å². The van der Waals surface area contributed by atoms with Gasteiger partial charge in [0.2, 0.25) is 0 Å². The van der Waals surface area contributed by atoms with Crippen LogP contribution in [0.15, 0.2) is 30.6 Å². The van der Waals surface area contributed by atoms with Crippen LogP contribution in [0.5, 0.6) is 5.75 Å². The third kappa shape index (κ3) is 4.25. The summed E-state index contributed by atoms with van der Waals surface area (Å²) in [6.07, 6.45) is -2.96. The largest absolute Gasteiger partial charge is 0.493 e. The van der Waals surface area contributed by atoms with Crippen LogP contribution in [0, 0.1) is 0 Å². The Balaban J connectivity index is 1.30. The fourth-order valence-electron chi connectivity index (χ4n) is 3.63. The molecule has 1 aromatic heterocycles. The second-order valence-electron chi connectivity index (χ2n) is 7.28. The molecule has 1 atom stereocenters. The quantitative estimate of drug-likeness (QED) is 0.839. The van der Waals surface area contributed by atoms with Crippen LogP contribution in [0.25, 0.3) is 0 Å². The fraction of sp³-hybridized carbons (Fsp3) is 0.526. The van der Waals surface area contributed by atoms with E-state index < -0.39 is 18.8 Å². The molecule has 0 spiro atoms. The molecule has 1 fully saturated rings. The molecule has 4 rings (SSSR count). The van der Waals surface area contributed by atoms with Crippen LogP contribution >= 0.6 is 0 Å². The normalized spacial score (nSPS) is 18.8. The van der Waals surface area contributed by atoms with E-state index >= 15 is 0 Å². The van der Waals surface area contributed by atoms with E-state index in [9.17, 15) is 18.3 Å². The van der Waals surface area contributed by atoms with E-state index in [-0.39, 0.29) is 0 Å². The Labute approximate surface area is 161 Å². The number of ether oxygens (including phenoxy) is 1. The lowest BCUT2D eigenvalue weighted by Crippen LogP contribution is -2.45. The Morgan fingerprint density at radius 3 is 2.71 bits per heavy atom. The van der Waals surface area contributed by atoms with Crippen molar-refractivity contribution in [3.05, 3.63) is 41.7 Å². The first-order valence-corrected chi connectivity index (χ1v) is 9.37. The van der Waals surface area contributed by atoms with E-state index in [1.54, 1.807) is 12.4 Å². The molecule has 1 N–H and O–H groups in total. The zero-order chi connectivity index (χ0) is 19.7. The lowest BCUT2D eigenvalue weighted by Gasteiger charge is -2.35. The van der Waals surface area contributed by atoms with E-state index in [4.69, 9.17) is 4.74 Å². The Kier molecular flexibility index (Phi) is 5.20. The summed E-state index contributed by atoms with van der Waals surface area (Å²) in [6, 6.07) is 6.40. The molecule has 6 nitrogen and oxygen atoms in total. The SMILES string of the molecule is OC(Cn1cc(N2CCN(Cc3ccc4c(c3)OCC4)CC2)cn1)C(F)(F)F. The van der Waals surface area contributed by atoms with Crippen LogP contribution in [-0.4, -0.2) is 64.9 Å². The van der Waals surface area contributed by atoms with E-state index in [1.165, 1.54) is 11.1 Å². The molecular formula is C19H23F3N4O2. The van der Waals surface area contributed by atoms with Crippen molar-refractivity contribution < 1.29 is 23.0 Å². The molecule has 1 saturated heterocycles. The van der Waals surface area contributed by atoms with Crippen molar-refractivity contribution in [2.45, 2.75) is 31.8 Å². The van der Waals surface area contributed by atoms with Crippen LogP contribution in [0.3, 0.4) is 0 Å². The number of hydrogen-bond acceptors (Lipinski definition) is 5. The first-order chi connectivity index (χ1) is 13.4. The van der Waals surface area contributed by atoms with Crippen molar-refractivity contribution in [1.29, 1.82) is 0 Å². The van der Waals surface area contributed by atoms with Crippen LogP contribution in [0.2, 0.25) is 0 Å². The maximum Gasteiger partial charge on any atom is 0.416 e. The molecular weight excluding hydrogens is 373 g/mol. The molecule has 1 unspecified atom stereocenters. The van der Waals surface area contributed by atoms with Gasteiger partial charge in [-0.2, -0.15) is 18.3 Å². The molecule has 2 aromatic rings. The summed E-state index contributed by atoms with van der Waals surface area (Å²) >= 11 is 0. The highest BCUT2D eigenvalue weighted by Gasteiger charge is 2.38. The molecule has 9 heteroatoms. The number of nitrogens with zero attached hydrogens (tertiary/aromatic N) is 4. The Morgan fingerprint density at radius 2 is 1.96 bits per heavy atom. The number of halogens is 3. The van der Waals surface area contributed by atoms with Crippen LogP contribution in [0.4, 0.5) is 18.9 Å². The minimum atomic E-state index is -4.64. The number of anilines is 1. The number of hydrogen-bond donors (Lipinski definition) is 1. The number of alkyl halides is 3. The van der Waals surface area contributed by atoms with Gasteiger partial charge in [0, 0.05) is 45.3 Å². The number of rotatable bonds is 5. The summed E-state index contributed by atoms with van der Waals surface area (Å²) in [5.74, 6) is 0.990. The molecule has 3 heterocycles. The van der Waals surface area contributed by atoms with Gasteiger partial charge in [-0.15, -0.1) is 0 Å². The van der Waals surface area contributed by atoms with Gasteiger partial charge in [-0.05, 0) is 17.2 Å². The maximum absolute atomic E-state index is 12.5. The topological polar surface area (TPSA) is 53.8 Å². The number of piperazine rings is 1. The molecule has 0 aliphatic carbocycles. The summed E-state index contributed by atoms with van der Waals surface area (Å²) in [6.45, 7) is 4.27. The third-order valence-electron chi connectivity index (χ3n) is 5.26. The zero-order valence-corrected chi connectivity index (χ0v) is 15.4. The summed E-state index contributed by atoms with van der Waals surface area (Å²) in [5, 5.41) is 13.1. The van der Waals surface area contributed by atoms with E-state index in [0.29, 0.717) is 0 Å². The highest BCUT2D eigenvalue weighted by atomic mass is 19.4. The van der Waals surface area contributed by atoms with Crippen molar-refractivity contribution in [2.24, 2.45) is 0 Å². The van der Waals surface area contributed by atoms with Crippen molar-refractivity contribution >= 4 is 5.69 Å². The van der Waals surface area contributed by atoms with E-state index in [1.807, 2.05) is 0 Å². The lowest BCUT2D eigenvalue weighted by atomic mass is 10.1. The molecule has 0 radical (unpaired) electrons. The van der Waals surface area contributed by atoms with E-state index in [0.717, 1.165) is 61.9 Å². The lowest BCUT2D eigenvalue weighted by molar-refractivity contribution is -0.208. The third-order valence-corrected chi connectivity index (χ3v) is 5.26. The number of fused-ring (bicyclic) bond motifs is 1. The van der Waals surface area contributed by atoms with Gasteiger partial charge in [0.25, 0.3) is 0 Å². The number of benzene rings is 1. The highest BCUT2D eigenvalue weighted by molar-refractivity contribution is 5.43. The van der Waals surface area contributed by atoms with Gasteiger partial charge in [-0.3, -0.25) is 9.58 Å². The predicted molar refractivity (Wildman–Crippen MR) is 97.4 cm³/mol.